The molecule has 0 unspecified atom stereocenters. The minimum absolute atomic E-state index is 0.0636. The number of aromatic nitrogens is 3. The number of thiazole rings is 1. The van der Waals surface area contributed by atoms with E-state index in [9.17, 15) is 9.90 Å². The van der Waals surface area contributed by atoms with Crippen LogP contribution in [0.25, 0.3) is 4.96 Å². The molecule has 28 heavy (non-hydrogen) atoms. The lowest BCUT2D eigenvalue weighted by Gasteiger charge is -2.36. The summed E-state index contributed by atoms with van der Waals surface area (Å²) >= 11 is 13.8. The van der Waals surface area contributed by atoms with Gasteiger partial charge < -0.3 is 10.8 Å². The minimum Gasteiger partial charge on any atom is -0.492 e. The van der Waals surface area contributed by atoms with Gasteiger partial charge in [-0.05, 0) is 50.6 Å². The van der Waals surface area contributed by atoms with Gasteiger partial charge >= 0.3 is 0 Å². The number of carbonyl (C=O) groups is 1. The zero-order valence-corrected chi connectivity index (χ0v) is 17.4. The average molecular weight is 440 g/mol. The molecule has 1 aromatic carbocycles. The monoisotopic (exact) mass is 439 g/mol. The SMILES string of the molecule is Cc1nc2sc([C@@H](c3ccc(Cl)c(Cl)c3)N3CCC(C(N)=O)CC3)c(O)n2n1. The fourth-order valence-corrected chi connectivity index (χ4v) is 5.15. The number of rotatable bonds is 4. The van der Waals surface area contributed by atoms with Crippen LogP contribution in [0, 0.1) is 12.8 Å². The Balaban J connectivity index is 1.76. The molecule has 10 heteroatoms. The third kappa shape index (κ3) is 3.45. The number of aromatic hydroxyl groups is 1. The number of primary amides is 1. The Morgan fingerprint density at radius 1 is 1.32 bits per heavy atom. The van der Waals surface area contributed by atoms with Gasteiger partial charge in [0.05, 0.1) is 21.0 Å². The molecule has 3 N–H and O–H groups in total. The number of carbonyl (C=O) groups excluding carboxylic acids is 1. The number of hydrogen-bond acceptors (Lipinski definition) is 6. The van der Waals surface area contributed by atoms with E-state index in [1.165, 1.54) is 15.9 Å². The van der Waals surface area contributed by atoms with Crippen LogP contribution in [0.1, 0.15) is 35.1 Å². The van der Waals surface area contributed by atoms with Crippen LogP contribution in [0.15, 0.2) is 18.2 Å². The second-order valence-electron chi connectivity index (χ2n) is 6.93. The number of benzene rings is 1. The molecule has 7 nitrogen and oxygen atoms in total. The maximum absolute atomic E-state index is 11.5. The van der Waals surface area contributed by atoms with Crippen molar-refractivity contribution in [1.82, 2.24) is 19.5 Å². The molecule has 0 bridgehead atoms. The number of hydrogen-bond donors (Lipinski definition) is 2. The summed E-state index contributed by atoms with van der Waals surface area (Å²) < 4.78 is 1.45. The van der Waals surface area contributed by atoms with Crippen LogP contribution < -0.4 is 5.73 Å². The lowest BCUT2D eigenvalue weighted by atomic mass is 9.93. The van der Waals surface area contributed by atoms with Crippen LogP contribution in [0.5, 0.6) is 5.88 Å². The number of fused-ring (bicyclic) bond motifs is 1. The molecule has 3 heterocycles. The lowest BCUT2D eigenvalue weighted by molar-refractivity contribution is -0.123. The molecule has 2 aromatic heterocycles. The van der Waals surface area contributed by atoms with Gasteiger partial charge in [-0.2, -0.15) is 4.52 Å². The molecule has 148 valence electrons. The lowest BCUT2D eigenvalue weighted by Crippen LogP contribution is -2.40. The second kappa shape index (κ2) is 7.51. The van der Waals surface area contributed by atoms with Crippen molar-refractivity contribution in [3.05, 3.63) is 44.5 Å². The highest BCUT2D eigenvalue weighted by atomic mass is 35.5. The fourth-order valence-electron chi connectivity index (χ4n) is 3.68. The van der Waals surface area contributed by atoms with E-state index in [1.54, 1.807) is 13.0 Å². The zero-order valence-electron chi connectivity index (χ0n) is 15.1. The maximum Gasteiger partial charge on any atom is 0.230 e. The normalized spacial score (nSPS) is 17.2. The van der Waals surface area contributed by atoms with Crippen molar-refractivity contribution >= 4 is 45.4 Å². The summed E-state index contributed by atoms with van der Waals surface area (Å²) in [7, 11) is 0. The average Bonchev–Trinajstić information content (AvgIpc) is 3.16. The molecule has 0 saturated carbocycles. The summed E-state index contributed by atoms with van der Waals surface area (Å²) in [5, 5.41) is 16.0. The van der Waals surface area contributed by atoms with Crippen molar-refractivity contribution in [1.29, 1.82) is 0 Å². The summed E-state index contributed by atoms with van der Waals surface area (Å²) in [6.07, 6.45) is 1.35. The summed E-state index contributed by atoms with van der Waals surface area (Å²) in [6.45, 7) is 3.12. The number of aryl methyl sites for hydroxylation is 1. The third-order valence-corrected chi connectivity index (χ3v) is 6.92. The number of piperidine rings is 1. The van der Waals surface area contributed by atoms with Gasteiger partial charge in [-0.1, -0.05) is 40.6 Å². The molecular formula is C18H19Cl2N5O2S. The zero-order chi connectivity index (χ0) is 20.0. The van der Waals surface area contributed by atoms with Crippen LogP contribution in [0.3, 0.4) is 0 Å². The van der Waals surface area contributed by atoms with Gasteiger partial charge in [-0.3, -0.25) is 9.69 Å². The van der Waals surface area contributed by atoms with Crippen molar-refractivity contribution < 1.29 is 9.90 Å². The van der Waals surface area contributed by atoms with Gasteiger partial charge in [0, 0.05) is 5.92 Å². The summed E-state index contributed by atoms with van der Waals surface area (Å²) in [6, 6.07) is 5.22. The van der Waals surface area contributed by atoms with Crippen molar-refractivity contribution in [2.24, 2.45) is 11.7 Å². The Morgan fingerprint density at radius 3 is 2.64 bits per heavy atom. The Bertz CT molecular complexity index is 1040. The van der Waals surface area contributed by atoms with Crippen LogP contribution >= 0.6 is 34.5 Å². The topological polar surface area (TPSA) is 96.8 Å². The standard InChI is InChI=1S/C18H19Cl2N5O2S/c1-9-22-18-25(23-9)17(27)15(28-18)14(11-2-3-12(19)13(20)8-11)24-6-4-10(5-7-24)16(21)26/h2-3,8,10,14,27H,4-7H2,1H3,(H2,21,26)/t14-/m1/s1. The molecule has 3 aromatic rings. The Morgan fingerprint density at radius 2 is 2.04 bits per heavy atom. The van der Waals surface area contributed by atoms with Gasteiger partial charge in [0.25, 0.3) is 0 Å². The number of amides is 1. The molecule has 1 amide bonds. The largest absolute Gasteiger partial charge is 0.492 e. The van der Waals surface area contributed by atoms with E-state index in [-0.39, 0.29) is 23.7 Å². The second-order valence-corrected chi connectivity index (χ2v) is 8.76. The van der Waals surface area contributed by atoms with E-state index in [0.29, 0.717) is 46.8 Å². The van der Waals surface area contributed by atoms with Crippen LogP contribution in [-0.4, -0.2) is 43.6 Å². The van der Waals surface area contributed by atoms with E-state index in [1.807, 2.05) is 12.1 Å². The van der Waals surface area contributed by atoms with Crippen LogP contribution in [0.4, 0.5) is 0 Å². The highest BCUT2D eigenvalue weighted by molar-refractivity contribution is 7.17. The van der Waals surface area contributed by atoms with Crippen molar-refractivity contribution in [2.75, 3.05) is 13.1 Å². The van der Waals surface area contributed by atoms with Crippen molar-refractivity contribution in [2.45, 2.75) is 25.8 Å². The minimum atomic E-state index is -0.261. The quantitative estimate of drug-likeness (QED) is 0.648. The fraction of sp³-hybridized carbons (Fsp3) is 0.389. The molecule has 4 rings (SSSR count). The van der Waals surface area contributed by atoms with Gasteiger partial charge in [0.2, 0.25) is 16.7 Å². The number of nitrogens with zero attached hydrogens (tertiary/aromatic N) is 4. The smallest absolute Gasteiger partial charge is 0.230 e. The Labute approximate surface area is 175 Å². The molecular weight excluding hydrogens is 421 g/mol. The predicted molar refractivity (Wildman–Crippen MR) is 109 cm³/mol. The third-order valence-electron chi connectivity index (χ3n) is 5.11. The first kappa shape index (κ1) is 19.4. The molecule has 0 radical (unpaired) electrons. The van der Waals surface area contributed by atoms with Gasteiger partial charge in [0.15, 0.2) is 0 Å². The van der Waals surface area contributed by atoms with Crippen LogP contribution in [-0.2, 0) is 4.79 Å². The Kier molecular flexibility index (Phi) is 5.22. The predicted octanol–water partition coefficient (Wildman–Crippen LogP) is 3.40. The van der Waals surface area contributed by atoms with E-state index in [4.69, 9.17) is 28.9 Å². The first-order valence-corrected chi connectivity index (χ1v) is 10.5. The van der Waals surface area contributed by atoms with E-state index in [2.05, 4.69) is 15.0 Å². The van der Waals surface area contributed by atoms with Crippen molar-refractivity contribution in [3.8, 4) is 5.88 Å². The molecule has 1 fully saturated rings. The molecule has 1 aliphatic heterocycles. The first-order valence-electron chi connectivity index (χ1n) is 8.88. The maximum atomic E-state index is 11.5. The number of nitrogens with two attached hydrogens (primary N) is 1. The number of likely N-dealkylation sites (tertiary alicyclic amines) is 1. The Hall–Kier alpha value is -1.87. The van der Waals surface area contributed by atoms with Gasteiger partial charge in [0.1, 0.15) is 5.82 Å². The van der Waals surface area contributed by atoms with Crippen LogP contribution in [0.2, 0.25) is 10.0 Å². The number of halogens is 2. The molecule has 0 aliphatic carbocycles. The summed E-state index contributed by atoms with van der Waals surface area (Å²) in [5.74, 6) is 0.280. The van der Waals surface area contributed by atoms with Gasteiger partial charge in [-0.15, -0.1) is 5.10 Å². The summed E-state index contributed by atoms with van der Waals surface area (Å²) in [5.41, 5.74) is 6.38. The molecule has 1 aliphatic rings. The van der Waals surface area contributed by atoms with Crippen molar-refractivity contribution in [3.63, 3.8) is 0 Å². The highest BCUT2D eigenvalue weighted by Crippen LogP contribution is 2.42. The first-order chi connectivity index (χ1) is 13.3. The molecule has 1 saturated heterocycles. The summed E-state index contributed by atoms with van der Waals surface area (Å²) in [4.78, 5) is 19.5. The van der Waals surface area contributed by atoms with Gasteiger partial charge in [-0.25, -0.2) is 4.98 Å². The van der Waals surface area contributed by atoms with E-state index < -0.39 is 0 Å². The molecule has 0 spiro atoms. The highest BCUT2D eigenvalue weighted by Gasteiger charge is 2.33. The molecule has 1 atom stereocenters. The van der Waals surface area contributed by atoms with E-state index in [0.717, 1.165) is 10.4 Å². The van der Waals surface area contributed by atoms with E-state index >= 15 is 0 Å².